The average Bonchev–Trinajstić information content (AvgIpc) is 2.95. The van der Waals surface area contributed by atoms with Gasteiger partial charge < -0.3 is 0 Å². The van der Waals surface area contributed by atoms with Crippen LogP contribution in [0.2, 0.25) is 0 Å². The summed E-state index contributed by atoms with van der Waals surface area (Å²) in [6, 6.07) is 0. The summed E-state index contributed by atoms with van der Waals surface area (Å²) in [7, 11) is 0. The van der Waals surface area contributed by atoms with Crippen LogP contribution in [-0.2, 0) is 16.6 Å². The number of carbonyl (C=O) groups excluding carboxylic acids is 1. The molecule has 0 bridgehead atoms. The number of rotatable bonds is 5. The summed E-state index contributed by atoms with van der Waals surface area (Å²) in [4.78, 5) is 16.6. The molecule has 2 rings (SSSR count). The molecule has 3 heteroatoms. The van der Waals surface area contributed by atoms with Gasteiger partial charge in [-0.25, -0.2) is 4.98 Å². The highest BCUT2D eigenvalue weighted by molar-refractivity contribution is 7.09. The zero-order chi connectivity index (χ0) is 13.9. The molecule has 0 radical (unpaired) electrons. The first-order valence-electron chi connectivity index (χ1n) is 7.42. The Morgan fingerprint density at radius 2 is 2.05 bits per heavy atom. The lowest BCUT2D eigenvalue weighted by Crippen LogP contribution is -2.12. The third-order valence-corrected chi connectivity index (χ3v) is 4.82. The first kappa shape index (κ1) is 14.7. The van der Waals surface area contributed by atoms with Crippen molar-refractivity contribution in [3.05, 3.63) is 16.1 Å². The van der Waals surface area contributed by atoms with Gasteiger partial charge in [0.15, 0.2) is 0 Å². The minimum atomic E-state index is 0.0850. The molecule has 0 aromatic carbocycles. The highest BCUT2D eigenvalue weighted by atomic mass is 32.1. The lowest BCUT2D eigenvalue weighted by atomic mass is 9.93. The Hall–Kier alpha value is -0.700. The van der Waals surface area contributed by atoms with E-state index in [-0.39, 0.29) is 5.41 Å². The fraction of sp³-hybridized carbons (Fsp3) is 0.750. The number of hydrogen-bond acceptors (Lipinski definition) is 3. The van der Waals surface area contributed by atoms with E-state index in [9.17, 15) is 4.79 Å². The van der Waals surface area contributed by atoms with Crippen LogP contribution < -0.4 is 0 Å². The van der Waals surface area contributed by atoms with E-state index in [0.717, 1.165) is 29.5 Å². The second kappa shape index (κ2) is 6.17. The molecular formula is C16H25NOS. The quantitative estimate of drug-likeness (QED) is 0.793. The van der Waals surface area contributed by atoms with Gasteiger partial charge in [-0.2, -0.15) is 0 Å². The van der Waals surface area contributed by atoms with Crippen molar-refractivity contribution in [3.63, 3.8) is 0 Å². The van der Waals surface area contributed by atoms with E-state index in [1.54, 1.807) is 11.3 Å². The van der Waals surface area contributed by atoms with Crippen molar-refractivity contribution >= 4 is 17.1 Å². The van der Waals surface area contributed by atoms with Crippen LogP contribution in [0.4, 0.5) is 0 Å². The Morgan fingerprint density at radius 3 is 2.63 bits per heavy atom. The molecule has 1 aromatic rings. The SMILES string of the molecule is CC(C)(C)c1csc(CC(=O)CCC2CCCC2)n1. The molecule has 2 nitrogen and oxygen atoms in total. The van der Waals surface area contributed by atoms with Gasteiger partial charge >= 0.3 is 0 Å². The Morgan fingerprint density at radius 1 is 1.37 bits per heavy atom. The largest absolute Gasteiger partial charge is 0.299 e. The van der Waals surface area contributed by atoms with Crippen molar-refractivity contribution in [1.82, 2.24) is 4.98 Å². The molecule has 0 amide bonds. The maximum absolute atomic E-state index is 12.0. The van der Waals surface area contributed by atoms with E-state index in [1.165, 1.54) is 25.7 Å². The Bertz CT molecular complexity index is 424. The molecule has 1 fully saturated rings. The van der Waals surface area contributed by atoms with Crippen molar-refractivity contribution in [2.45, 2.75) is 71.1 Å². The number of Topliss-reactive ketones (excluding diaryl/α,β-unsaturated/α-hetero) is 1. The normalized spacial score (nSPS) is 17.0. The van der Waals surface area contributed by atoms with Crippen LogP contribution in [0.1, 0.15) is 70.0 Å². The van der Waals surface area contributed by atoms with Gasteiger partial charge in [-0.05, 0) is 12.3 Å². The summed E-state index contributed by atoms with van der Waals surface area (Å²) in [5.74, 6) is 1.17. The average molecular weight is 279 g/mol. The van der Waals surface area contributed by atoms with Gasteiger partial charge in [-0.1, -0.05) is 46.5 Å². The number of ketones is 1. The number of thiazole rings is 1. The molecule has 0 unspecified atom stereocenters. The molecule has 0 aliphatic heterocycles. The Kier molecular flexibility index (Phi) is 4.77. The molecule has 1 saturated carbocycles. The molecule has 0 spiro atoms. The predicted octanol–water partition coefficient (Wildman–Crippen LogP) is 4.52. The van der Waals surface area contributed by atoms with Crippen LogP contribution in [-0.4, -0.2) is 10.8 Å². The molecule has 0 saturated heterocycles. The topological polar surface area (TPSA) is 30.0 Å². The van der Waals surface area contributed by atoms with Crippen molar-refractivity contribution < 1.29 is 4.79 Å². The summed E-state index contributed by atoms with van der Waals surface area (Å²) in [6.45, 7) is 6.48. The summed E-state index contributed by atoms with van der Waals surface area (Å²) in [5.41, 5.74) is 1.19. The monoisotopic (exact) mass is 279 g/mol. The molecule has 1 aromatic heterocycles. The predicted molar refractivity (Wildman–Crippen MR) is 80.7 cm³/mol. The van der Waals surface area contributed by atoms with E-state index in [0.29, 0.717) is 12.2 Å². The van der Waals surface area contributed by atoms with Crippen molar-refractivity contribution in [3.8, 4) is 0 Å². The standard InChI is InChI=1S/C16H25NOS/c1-16(2,3)14-11-19-15(17-14)10-13(18)9-8-12-6-4-5-7-12/h11-12H,4-10H2,1-3H3. The second-order valence-corrected chi connectivity index (χ2v) is 7.72. The molecule has 1 aliphatic carbocycles. The van der Waals surface area contributed by atoms with E-state index < -0.39 is 0 Å². The summed E-state index contributed by atoms with van der Waals surface area (Å²) >= 11 is 1.63. The van der Waals surface area contributed by atoms with Gasteiger partial charge in [-0.3, -0.25) is 4.79 Å². The molecule has 0 atom stereocenters. The van der Waals surface area contributed by atoms with Crippen molar-refractivity contribution in [1.29, 1.82) is 0 Å². The van der Waals surface area contributed by atoms with Gasteiger partial charge in [0.1, 0.15) is 10.8 Å². The fourth-order valence-electron chi connectivity index (χ4n) is 2.66. The van der Waals surface area contributed by atoms with E-state index in [2.05, 4.69) is 31.1 Å². The van der Waals surface area contributed by atoms with Crippen LogP contribution in [0.3, 0.4) is 0 Å². The van der Waals surface area contributed by atoms with Gasteiger partial charge in [0.2, 0.25) is 0 Å². The van der Waals surface area contributed by atoms with E-state index in [1.807, 2.05) is 0 Å². The highest BCUT2D eigenvalue weighted by Gasteiger charge is 2.19. The zero-order valence-electron chi connectivity index (χ0n) is 12.4. The first-order valence-corrected chi connectivity index (χ1v) is 8.29. The van der Waals surface area contributed by atoms with Crippen LogP contribution in [0.25, 0.3) is 0 Å². The molecule has 106 valence electrons. The smallest absolute Gasteiger partial charge is 0.139 e. The third-order valence-electron chi connectivity index (χ3n) is 3.97. The van der Waals surface area contributed by atoms with Crippen molar-refractivity contribution in [2.24, 2.45) is 5.92 Å². The summed E-state index contributed by atoms with van der Waals surface area (Å²) in [5, 5.41) is 3.08. The lowest BCUT2D eigenvalue weighted by molar-refractivity contribution is -0.118. The number of aromatic nitrogens is 1. The third kappa shape index (κ3) is 4.41. The Balaban J connectivity index is 1.80. The molecule has 1 heterocycles. The molecule has 1 aliphatic rings. The minimum absolute atomic E-state index is 0.0850. The van der Waals surface area contributed by atoms with E-state index in [4.69, 9.17) is 0 Å². The maximum Gasteiger partial charge on any atom is 0.139 e. The summed E-state index contributed by atoms with van der Waals surface area (Å²) in [6.07, 6.45) is 7.76. The Labute approximate surface area is 120 Å². The number of nitrogens with zero attached hydrogens (tertiary/aromatic N) is 1. The highest BCUT2D eigenvalue weighted by Crippen LogP contribution is 2.29. The van der Waals surface area contributed by atoms with Crippen LogP contribution >= 0.6 is 11.3 Å². The first-order chi connectivity index (χ1) is 8.95. The van der Waals surface area contributed by atoms with Crippen molar-refractivity contribution in [2.75, 3.05) is 0 Å². The van der Waals surface area contributed by atoms with Gasteiger partial charge in [0, 0.05) is 17.2 Å². The maximum atomic E-state index is 12.0. The van der Waals surface area contributed by atoms with Gasteiger partial charge in [0.05, 0.1) is 12.1 Å². The van der Waals surface area contributed by atoms with Crippen LogP contribution in [0.5, 0.6) is 0 Å². The van der Waals surface area contributed by atoms with Gasteiger partial charge in [-0.15, -0.1) is 11.3 Å². The zero-order valence-corrected chi connectivity index (χ0v) is 13.2. The van der Waals surface area contributed by atoms with Crippen LogP contribution in [0.15, 0.2) is 5.38 Å². The number of carbonyl (C=O) groups is 1. The molecule has 19 heavy (non-hydrogen) atoms. The van der Waals surface area contributed by atoms with Crippen LogP contribution in [0, 0.1) is 5.92 Å². The van der Waals surface area contributed by atoms with E-state index >= 15 is 0 Å². The summed E-state index contributed by atoms with van der Waals surface area (Å²) < 4.78 is 0. The molecular weight excluding hydrogens is 254 g/mol. The second-order valence-electron chi connectivity index (χ2n) is 6.78. The molecule has 0 N–H and O–H groups in total. The minimum Gasteiger partial charge on any atom is -0.299 e. The fourth-order valence-corrected chi connectivity index (χ4v) is 3.71. The van der Waals surface area contributed by atoms with Gasteiger partial charge in [0.25, 0.3) is 0 Å². The number of hydrogen-bond donors (Lipinski definition) is 0. The lowest BCUT2D eigenvalue weighted by Gasteiger charge is -2.14.